The molecular formula is C25H28FNO3. The highest BCUT2D eigenvalue weighted by Gasteiger charge is 2.43. The lowest BCUT2D eigenvalue weighted by Gasteiger charge is -2.38. The van der Waals surface area contributed by atoms with E-state index < -0.39 is 0 Å². The first-order chi connectivity index (χ1) is 14.7. The Morgan fingerprint density at radius 1 is 0.967 bits per heavy atom. The van der Waals surface area contributed by atoms with Crippen molar-refractivity contribution in [1.29, 1.82) is 0 Å². The van der Waals surface area contributed by atoms with Gasteiger partial charge < -0.3 is 19.1 Å². The van der Waals surface area contributed by atoms with E-state index in [1.165, 1.54) is 16.7 Å². The van der Waals surface area contributed by atoms with Crippen LogP contribution in [0.3, 0.4) is 0 Å². The van der Waals surface area contributed by atoms with Crippen LogP contribution < -0.4 is 0 Å². The summed E-state index contributed by atoms with van der Waals surface area (Å²) in [7, 11) is 0. The molecule has 3 aliphatic heterocycles. The molecule has 3 unspecified atom stereocenters. The van der Waals surface area contributed by atoms with Gasteiger partial charge in [-0.1, -0.05) is 30.3 Å². The van der Waals surface area contributed by atoms with E-state index in [1.54, 1.807) is 12.1 Å². The van der Waals surface area contributed by atoms with Gasteiger partial charge in [0.15, 0.2) is 5.79 Å². The Morgan fingerprint density at radius 2 is 1.73 bits per heavy atom. The van der Waals surface area contributed by atoms with E-state index in [-0.39, 0.29) is 29.7 Å². The molecule has 4 nitrogen and oxygen atoms in total. The molecule has 3 atom stereocenters. The molecule has 6 rings (SSSR count). The number of hydrogen-bond acceptors (Lipinski definition) is 4. The summed E-state index contributed by atoms with van der Waals surface area (Å²) in [6.45, 7) is 4.28. The maximum atomic E-state index is 14.1. The SMILES string of the molecule is Fc1ccc2c(c1)C1OC(CN3CCC4(CC3)OCCO4)CC1c1ccccc1C2. The molecular weight excluding hydrogens is 381 g/mol. The largest absolute Gasteiger partial charge is 0.368 e. The second kappa shape index (κ2) is 7.41. The zero-order valence-corrected chi connectivity index (χ0v) is 17.2. The predicted octanol–water partition coefficient (Wildman–Crippen LogP) is 4.18. The fourth-order valence-corrected chi connectivity index (χ4v) is 5.87. The monoisotopic (exact) mass is 409 g/mol. The van der Waals surface area contributed by atoms with Crippen LogP contribution >= 0.6 is 0 Å². The third-order valence-electron chi connectivity index (χ3n) is 7.36. The molecule has 1 spiro atoms. The lowest BCUT2D eigenvalue weighted by atomic mass is 9.87. The van der Waals surface area contributed by atoms with Gasteiger partial charge in [-0.25, -0.2) is 4.39 Å². The third-order valence-corrected chi connectivity index (χ3v) is 7.36. The highest BCUT2D eigenvalue weighted by molar-refractivity contribution is 5.45. The molecule has 3 heterocycles. The summed E-state index contributed by atoms with van der Waals surface area (Å²) < 4.78 is 32.5. The number of ether oxygens (including phenoxy) is 3. The van der Waals surface area contributed by atoms with Crippen molar-refractivity contribution in [3.05, 3.63) is 70.5 Å². The molecule has 158 valence electrons. The number of rotatable bonds is 2. The molecule has 5 heteroatoms. The molecule has 30 heavy (non-hydrogen) atoms. The van der Waals surface area contributed by atoms with Crippen LogP contribution in [0.25, 0.3) is 0 Å². The Kier molecular flexibility index (Phi) is 4.68. The second-order valence-electron chi connectivity index (χ2n) is 9.15. The maximum absolute atomic E-state index is 14.1. The quantitative estimate of drug-likeness (QED) is 0.745. The van der Waals surface area contributed by atoms with Gasteiger partial charge in [-0.05, 0) is 47.2 Å². The molecule has 0 amide bonds. The van der Waals surface area contributed by atoms with Crippen LogP contribution in [0.1, 0.15) is 53.5 Å². The van der Waals surface area contributed by atoms with Crippen molar-refractivity contribution in [3.63, 3.8) is 0 Å². The molecule has 2 aromatic rings. The fourth-order valence-electron chi connectivity index (χ4n) is 5.87. The van der Waals surface area contributed by atoms with Crippen molar-refractivity contribution >= 4 is 0 Å². The smallest absolute Gasteiger partial charge is 0.170 e. The van der Waals surface area contributed by atoms with Gasteiger partial charge in [-0.2, -0.15) is 0 Å². The zero-order valence-electron chi connectivity index (χ0n) is 17.2. The average Bonchev–Trinajstić information content (AvgIpc) is 3.36. The molecule has 0 N–H and O–H groups in total. The number of benzene rings is 2. The second-order valence-corrected chi connectivity index (χ2v) is 9.15. The Morgan fingerprint density at radius 3 is 2.57 bits per heavy atom. The van der Waals surface area contributed by atoms with Crippen LogP contribution in [-0.2, 0) is 20.6 Å². The molecule has 0 radical (unpaired) electrons. The summed E-state index contributed by atoms with van der Waals surface area (Å²) in [5, 5.41) is 0. The Bertz CT molecular complexity index is 932. The van der Waals surface area contributed by atoms with E-state index in [1.807, 2.05) is 6.07 Å². The third kappa shape index (κ3) is 3.28. The minimum atomic E-state index is -0.339. The maximum Gasteiger partial charge on any atom is 0.170 e. The first kappa shape index (κ1) is 18.9. The van der Waals surface area contributed by atoms with Crippen molar-refractivity contribution in [2.75, 3.05) is 32.8 Å². The first-order valence-corrected chi connectivity index (χ1v) is 11.2. The topological polar surface area (TPSA) is 30.9 Å². The van der Waals surface area contributed by atoms with Crippen molar-refractivity contribution in [2.45, 2.75) is 49.6 Å². The Labute approximate surface area is 176 Å². The summed E-state index contributed by atoms with van der Waals surface area (Å²) in [5.74, 6) is -0.232. The normalized spacial score (nSPS) is 30.0. The van der Waals surface area contributed by atoms with Crippen LogP contribution in [0.15, 0.2) is 42.5 Å². The minimum Gasteiger partial charge on any atom is -0.368 e. The van der Waals surface area contributed by atoms with E-state index >= 15 is 0 Å². The van der Waals surface area contributed by atoms with E-state index in [4.69, 9.17) is 14.2 Å². The Hall–Kier alpha value is -1.79. The number of fused-ring (bicyclic) bond motifs is 5. The molecule has 0 bridgehead atoms. The average molecular weight is 410 g/mol. The van der Waals surface area contributed by atoms with Gasteiger partial charge in [0.2, 0.25) is 0 Å². The van der Waals surface area contributed by atoms with Gasteiger partial charge in [0.25, 0.3) is 0 Å². The minimum absolute atomic E-state index is 0.0676. The summed E-state index contributed by atoms with van der Waals surface area (Å²) in [4.78, 5) is 2.48. The van der Waals surface area contributed by atoms with Crippen LogP contribution in [0.5, 0.6) is 0 Å². The summed E-state index contributed by atoms with van der Waals surface area (Å²) >= 11 is 0. The van der Waals surface area contributed by atoms with E-state index in [9.17, 15) is 4.39 Å². The van der Waals surface area contributed by atoms with Crippen molar-refractivity contribution in [1.82, 2.24) is 4.90 Å². The Balaban J connectivity index is 1.23. The lowest BCUT2D eigenvalue weighted by Crippen LogP contribution is -2.47. The van der Waals surface area contributed by atoms with Gasteiger partial charge in [-0.3, -0.25) is 0 Å². The van der Waals surface area contributed by atoms with Gasteiger partial charge in [0.1, 0.15) is 5.82 Å². The number of nitrogens with zero attached hydrogens (tertiary/aromatic N) is 1. The molecule has 3 saturated heterocycles. The molecule has 3 fully saturated rings. The predicted molar refractivity (Wildman–Crippen MR) is 111 cm³/mol. The highest BCUT2D eigenvalue weighted by atomic mass is 19.1. The van der Waals surface area contributed by atoms with E-state index in [0.717, 1.165) is 50.9 Å². The van der Waals surface area contributed by atoms with Crippen LogP contribution in [-0.4, -0.2) is 49.6 Å². The van der Waals surface area contributed by atoms with Gasteiger partial charge >= 0.3 is 0 Å². The summed E-state index contributed by atoms with van der Waals surface area (Å²) in [6.07, 6.45) is 3.75. The number of piperidine rings is 1. The molecule has 0 aromatic heterocycles. The molecule has 1 aliphatic carbocycles. The van der Waals surface area contributed by atoms with Crippen molar-refractivity contribution in [2.24, 2.45) is 0 Å². The van der Waals surface area contributed by atoms with Gasteiger partial charge in [-0.15, -0.1) is 0 Å². The number of halogens is 1. The summed E-state index contributed by atoms with van der Waals surface area (Å²) in [5.41, 5.74) is 4.93. The van der Waals surface area contributed by atoms with Gasteiger partial charge in [0.05, 0.1) is 25.4 Å². The zero-order chi connectivity index (χ0) is 20.1. The number of hydrogen-bond donors (Lipinski definition) is 0. The standard InChI is InChI=1S/C25H28FNO3/c26-19-6-5-18-13-17-3-1-2-4-21(17)23-15-20(30-24(23)22(18)14-19)16-27-9-7-25(8-10-27)28-11-12-29-25/h1-6,14,20,23-24H,7-13,15-16H2. The van der Waals surface area contributed by atoms with Gasteiger partial charge in [0, 0.05) is 38.4 Å². The van der Waals surface area contributed by atoms with Crippen LogP contribution in [0, 0.1) is 5.82 Å². The highest BCUT2D eigenvalue weighted by Crippen LogP contribution is 2.49. The fraction of sp³-hybridized carbons (Fsp3) is 0.520. The molecule has 4 aliphatic rings. The van der Waals surface area contributed by atoms with E-state index in [0.29, 0.717) is 13.2 Å². The summed E-state index contributed by atoms with van der Waals surface area (Å²) in [6, 6.07) is 13.9. The van der Waals surface area contributed by atoms with Crippen LogP contribution in [0.4, 0.5) is 4.39 Å². The molecule has 0 saturated carbocycles. The first-order valence-electron chi connectivity index (χ1n) is 11.2. The van der Waals surface area contributed by atoms with Crippen molar-refractivity contribution in [3.8, 4) is 0 Å². The molecule has 2 aromatic carbocycles. The lowest BCUT2D eigenvalue weighted by molar-refractivity contribution is -0.186. The van der Waals surface area contributed by atoms with Crippen LogP contribution in [0.2, 0.25) is 0 Å². The van der Waals surface area contributed by atoms with E-state index in [2.05, 4.69) is 29.2 Å². The number of likely N-dealkylation sites (tertiary alicyclic amines) is 1. The van der Waals surface area contributed by atoms with Crippen molar-refractivity contribution < 1.29 is 18.6 Å².